The minimum absolute atomic E-state index is 0.186. The van der Waals surface area contributed by atoms with Gasteiger partial charge in [-0.2, -0.15) is 0 Å². The van der Waals surface area contributed by atoms with Crippen LogP contribution in [0, 0.1) is 15.5 Å². The number of nitrogens with one attached hydrogen (secondary N) is 1. The SMILES string of the molecule is N=C(CCCN)CCCO.O=[N+]([O-])O. The second-order valence-electron chi connectivity index (χ2n) is 2.56. The molecule has 0 aliphatic heterocycles. The molecule has 0 amide bonds. The Labute approximate surface area is 82.2 Å². The average Bonchev–Trinajstić information content (AvgIpc) is 2.10. The van der Waals surface area contributed by atoms with Crippen LogP contribution in [0.3, 0.4) is 0 Å². The fourth-order valence-electron chi connectivity index (χ4n) is 0.733. The van der Waals surface area contributed by atoms with E-state index in [1.807, 2.05) is 0 Å². The Morgan fingerprint density at radius 3 is 2.21 bits per heavy atom. The van der Waals surface area contributed by atoms with Gasteiger partial charge in [-0.05, 0) is 32.2 Å². The highest BCUT2D eigenvalue weighted by Crippen LogP contribution is 1.96. The molecule has 0 unspecified atom stereocenters. The number of aliphatic hydroxyl groups is 1. The smallest absolute Gasteiger partial charge is 0.291 e. The van der Waals surface area contributed by atoms with Crippen molar-refractivity contribution in [3.63, 3.8) is 0 Å². The lowest BCUT2D eigenvalue weighted by Crippen LogP contribution is -2.04. The average molecular weight is 207 g/mol. The first-order chi connectivity index (χ1) is 6.54. The largest absolute Gasteiger partial charge is 0.396 e. The predicted molar refractivity (Wildman–Crippen MR) is 51.1 cm³/mol. The Hall–Kier alpha value is -1.21. The Morgan fingerprint density at radius 2 is 1.86 bits per heavy atom. The molecule has 0 atom stereocenters. The van der Waals surface area contributed by atoms with Crippen LogP contribution in [-0.2, 0) is 0 Å². The van der Waals surface area contributed by atoms with Crippen molar-refractivity contribution >= 4 is 5.71 Å². The molecule has 7 nitrogen and oxygen atoms in total. The van der Waals surface area contributed by atoms with Gasteiger partial charge in [-0.1, -0.05) is 0 Å². The maximum absolute atomic E-state index is 8.42. The van der Waals surface area contributed by atoms with Gasteiger partial charge in [-0.15, -0.1) is 10.1 Å². The van der Waals surface area contributed by atoms with E-state index >= 15 is 0 Å². The van der Waals surface area contributed by atoms with E-state index in [1.54, 1.807) is 0 Å². The molecule has 7 heteroatoms. The maximum Gasteiger partial charge on any atom is 0.291 e. The number of aliphatic hydroxyl groups excluding tert-OH is 1. The zero-order valence-corrected chi connectivity index (χ0v) is 7.98. The monoisotopic (exact) mass is 207 g/mol. The third-order valence-corrected chi connectivity index (χ3v) is 1.32. The van der Waals surface area contributed by atoms with Crippen LogP contribution in [-0.4, -0.2) is 34.3 Å². The third kappa shape index (κ3) is 22.4. The molecule has 0 aliphatic rings. The highest BCUT2D eigenvalue weighted by atomic mass is 16.9. The number of nitrogens with two attached hydrogens (primary N) is 1. The van der Waals surface area contributed by atoms with Crippen molar-refractivity contribution in [1.29, 1.82) is 5.41 Å². The lowest BCUT2D eigenvalue weighted by atomic mass is 10.1. The van der Waals surface area contributed by atoms with Crippen molar-refractivity contribution in [3.05, 3.63) is 10.1 Å². The standard InChI is InChI=1S/C7H16N2O.HNO3/c8-5-1-3-7(9)4-2-6-10;2-1(3)4/h9-10H,1-6,8H2;(H,2,3,4). The van der Waals surface area contributed by atoms with Crippen LogP contribution < -0.4 is 5.73 Å². The van der Waals surface area contributed by atoms with Crippen LogP contribution in [0.2, 0.25) is 0 Å². The molecule has 0 aromatic rings. The first kappa shape index (κ1) is 15.3. The highest BCUT2D eigenvalue weighted by molar-refractivity contribution is 5.81. The highest BCUT2D eigenvalue weighted by Gasteiger charge is 1.94. The Kier molecular flexibility index (Phi) is 12.9. The summed E-state index contributed by atoms with van der Waals surface area (Å²) in [6.45, 7) is 0.840. The van der Waals surface area contributed by atoms with Gasteiger partial charge in [0.15, 0.2) is 0 Å². The Balaban J connectivity index is 0. The molecular formula is C7H17N3O4. The predicted octanol–water partition coefficient (Wildman–Crippen LogP) is 0.170. The summed E-state index contributed by atoms with van der Waals surface area (Å²) in [7, 11) is 0. The van der Waals surface area contributed by atoms with Crippen LogP contribution in [0.15, 0.2) is 0 Å². The van der Waals surface area contributed by atoms with Crippen LogP contribution in [0.5, 0.6) is 0 Å². The third-order valence-electron chi connectivity index (χ3n) is 1.32. The van der Waals surface area contributed by atoms with E-state index in [0.717, 1.165) is 19.3 Å². The summed E-state index contributed by atoms with van der Waals surface area (Å²) >= 11 is 0. The molecule has 0 saturated carbocycles. The second kappa shape index (κ2) is 11.8. The van der Waals surface area contributed by atoms with E-state index < -0.39 is 5.09 Å². The first-order valence-electron chi connectivity index (χ1n) is 4.25. The molecule has 0 aliphatic carbocycles. The van der Waals surface area contributed by atoms with Crippen molar-refractivity contribution in [1.82, 2.24) is 0 Å². The van der Waals surface area contributed by atoms with Crippen LogP contribution in [0.4, 0.5) is 0 Å². The number of hydrogen-bond donors (Lipinski definition) is 4. The number of nitrogens with zero attached hydrogens (tertiary/aromatic N) is 1. The fraction of sp³-hybridized carbons (Fsp3) is 0.857. The lowest BCUT2D eigenvalue weighted by molar-refractivity contribution is -0.742. The second-order valence-corrected chi connectivity index (χ2v) is 2.56. The molecular weight excluding hydrogens is 190 g/mol. The summed E-state index contributed by atoms with van der Waals surface area (Å²) in [6, 6.07) is 0. The van der Waals surface area contributed by atoms with E-state index in [0.29, 0.717) is 18.7 Å². The van der Waals surface area contributed by atoms with Crippen molar-refractivity contribution in [2.45, 2.75) is 25.7 Å². The minimum Gasteiger partial charge on any atom is -0.396 e. The van der Waals surface area contributed by atoms with E-state index in [-0.39, 0.29) is 6.61 Å². The first-order valence-corrected chi connectivity index (χ1v) is 4.25. The normalized spacial score (nSPS) is 8.71. The van der Waals surface area contributed by atoms with Crippen LogP contribution in [0.1, 0.15) is 25.7 Å². The van der Waals surface area contributed by atoms with Crippen molar-refractivity contribution in [2.24, 2.45) is 5.73 Å². The molecule has 0 saturated heterocycles. The molecule has 0 heterocycles. The molecule has 0 aromatic carbocycles. The van der Waals surface area contributed by atoms with Crippen LogP contribution >= 0.6 is 0 Å². The van der Waals surface area contributed by atoms with Gasteiger partial charge in [0.1, 0.15) is 0 Å². The molecule has 84 valence electrons. The summed E-state index contributed by atoms with van der Waals surface area (Å²) in [4.78, 5) is 8.36. The minimum atomic E-state index is -1.50. The number of hydrogen-bond acceptors (Lipinski definition) is 5. The topological polar surface area (TPSA) is 133 Å². The molecule has 14 heavy (non-hydrogen) atoms. The van der Waals surface area contributed by atoms with Gasteiger partial charge in [0.2, 0.25) is 0 Å². The lowest BCUT2D eigenvalue weighted by Gasteiger charge is -1.99. The van der Waals surface area contributed by atoms with Crippen molar-refractivity contribution < 1.29 is 15.4 Å². The van der Waals surface area contributed by atoms with Gasteiger partial charge in [0.25, 0.3) is 5.09 Å². The summed E-state index contributed by atoms with van der Waals surface area (Å²) in [6.07, 6.45) is 3.11. The van der Waals surface area contributed by atoms with E-state index in [9.17, 15) is 0 Å². The molecule has 0 aromatic heterocycles. The summed E-state index contributed by atoms with van der Waals surface area (Å²) < 4.78 is 0. The van der Waals surface area contributed by atoms with Crippen molar-refractivity contribution in [3.8, 4) is 0 Å². The van der Waals surface area contributed by atoms with Crippen molar-refractivity contribution in [2.75, 3.05) is 13.2 Å². The van der Waals surface area contributed by atoms with Gasteiger partial charge in [0, 0.05) is 12.3 Å². The van der Waals surface area contributed by atoms with E-state index in [1.165, 1.54) is 0 Å². The molecule has 0 bridgehead atoms. The molecule has 0 fully saturated rings. The fourth-order valence-corrected chi connectivity index (χ4v) is 0.733. The van der Waals surface area contributed by atoms with E-state index in [2.05, 4.69) is 0 Å². The number of rotatable bonds is 6. The van der Waals surface area contributed by atoms with E-state index in [4.69, 9.17) is 31.6 Å². The van der Waals surface area contributed by atoms with Gasteiger partial charge in [-0.3, -0.25) is 0 Å². The molecule has 0 spiro atoms. The zero-order valence-electron chi connectivity index (χ0n) is 7.98. The Morgan fingerprint density at radius 1 is 1.43 bits per heavy atom. The maximum atomic E-state index is 8.42. The molecule has 0 rings (SSSR count). The van der Waals surface area contributed by atoms with Gasteiger partial charge >= 0.3 is 0 Å². The molecule has 0 radical (unpaired) electrons. The summed E-state index contributed by atoms with van der Waals surface area (Å²) in [5, 5.41) is 29.4. The quantitative estimate of drug-likeness (QED) is 0.280. The van der Waals surface area contributed by atoms with Crippen LogP contribution in [0.25, 0.3) is 0 Å². The summed E-state index contributed by atoms with van der Waals surface area (Å²) in [5.41, 5.74) is 5.97. The van der Waals surface area contributed by atoms with Gasteiger partial charge in [-0.25, -0.2) is 0 Å². The van der Waals surface area contributed by atoms with Gasteiger partial charge < -0.3 is 21.5 Å². The molecule has 5 N–H and O–H groups in total. The summed E-state index contributed by atoms with van der Waals surface area (Å²) in [5.74, 6) is 0. The Bertz CT molecular complexity index is 149. The zero-order chi connectivity index (χ0) is 11.4. The van der Waals surface area contributed by atoms with Gasteiger partial charge in [0.05, 0.1) is 0 Å².